The van der Waals surface area contributed by atoms with E-state index in [4.69, 9.17) is 55.6 Å². The number of carbonyl (C=O) groups excluding carboxylic acids is 1. The molecule has 2 heterocycles. The monoisotopic (exact) mass is 509 g/mol. The van der Waals surface area contributed by atoms with Crippen LogP contribution in [0.1, 0.15) is 21.9 Å². The summed E-state index contributed by atoms with van der Waals surface area (Å²) >= 11 is 24.1. The van der Waals surface area contributed by atoms with Crippen molar-refractivity contribution in [3.8, 4) is 5.75 Å². The Labute approximate surface area is 203 Å². The molecule has 0 aliphatic heterocycles. The van der Waals surface area contributed by atoms with Crippen LogP contribution >= 0.6 is 46.4 Å². The molecule has 32 heavy (non-hydrogen) atoms. The van der Waals surface area contributed by atoms with Crippen molar-refractivity contribution in [2.24, 2.45) is 0 Å². The highest BCUT2D eigenvalue weighted by Gasteiger charge is 2.14. The maximum atomic E-state index is 12.5. The van der Waals surface area contributed by atoms with Crippen molar-refractivity contribution in [1.29, 1.82) is 0 Å². The number of hydrogen-bond donors (Lipinski definition) is 1. The van der Waals surface area contributed by atoms with Crippen molar-refractivity contribution in [2.75, 3.05) is 5.32 Å². The van der Waals surface area contributed by atoms with E-state index in [1.54, 1.807) is 59.4 Å². The molecule has 0 bridgehead atoms. The summed E-state index contributed by atoms with van der Waals surface area (Å²) in [6.07, 6.45) is 1.73. The molecule has 2 aromatic heterocycles. The quantitative estimate of drug-likeness (QED) is 0.291. The molecule has 164 valence electrons. The molecule has 0 fully saturated rings. The van der Waals surface area contributed by atoms with Gasteiger partial charge in [0.05, 0.1) is 11.6 Å². The van der Waals surface area contributed by atoms with E-state index in [0.29, 0.717) is 44.0 Å². The first-order chi connectivity index (χ1) is 15.4. The van der Waals surface area contributed by atoms with E-state index in [0.717, 1.165) is 5.56 Å². The van der Waals surface area contributed by atoms with Gasteiger partial charge >= 0.3 is 0 Å². The Morgan fingerprint density at radius 2 is 1.72 bits per heavy atom. The second-order valence-electron chi connectivity index (χ2n) is 6.72. The number of rotatable bonds is 7. The molecule has 0 aliphatic carbocycles. The Morgan fingerprint density at radius 1 is 0.969 bits per heavy atom. The van der Waals surface area contributed by atoms with Crippen LogP contribution in [0.25, 0.3) is 0 Å². The number of anilines is 1. The molecule has 0 atom stereocenters. The number of furan rings is 1. The topological polar surface area (TPSA) is 69.3 Å². The van der Waals surface area contributed by atoms with Crippen molar-refractivity contribution in [3.05, 3.63) is 98.0 Å². The zero-order valence-electron chi connectivity index (χ0n) is 16.3. The standard InChI is InChI=1S/C22H15Cl4N3O3/c23-14-2-1-13(17(25)9-14)11-29-8-7-21(28-29)27-22(30)20-6-4-16(32-20)12-31-19-5-3-15(24)10-18(19)26/h1-10H,11-12H2,(H,27,28,30). The third-order valence-electron chi connectivity index (χ3n) is 4.38. The van der Waals surface area contributed by atoms with Gasteiger partial charge in [-0.1, -0.05) is 52.5 Å². The Kier molecular flexibility index (Phi) is 6.96. The smallest absolute Gasteiger partial charge is 0.292 e. The van der Waals surface area contributed by atoms with Crippen LogP contribution in [0.2, 0.25) is 20.1 Å². The van der Waals surface area contributed by atoms with Gasteiger partial charge in [0.15, 0.2) is 11.6 Å². The summed E-state index contributed by atoms with van der Waals surface area (Å²) in [5.41, 5.74) is 0.855. The molecule has 2 aromatic carbocycles. The summed E-state index contributed by atoms with van der Waals surface area (Å²) in [6, 6.07) is 15.1. The Balaban J connectivity index is 1.35. The van der Waals surface area contributed by atoms with Crippen molar-refractivity contribution < 1.29 is 13.9 Å². The summed E-state index contributed by atoms with van der Waals surface area (Å²) in [5, 5.41) is 9.04. The lowest BCUT2D eigenvalue weighted by Gasteiger charge is -2.06. The third-order valence-corrected chi connectivity index (χ3v) is 5.50. The van der Waals surface area contributed by atoms with E-state index in [1.807, 2.05) is 6.07 Å². The van der Waals surface area contributed by atoms with Crippen molar-refractivity contribution in [2.45, 2.75) is 13.2 Å². The van der Waals surface area contributed by atoms with Gasteiger partial charge in [0.2, 0.25) is 0 Å². The van der Waals surface area contributed by atoms with Gasteiger partial charge in [0.25, 0.3) is 5.91 Å². The molecular formula is C22H15Cl4N3O3. The zero-order valence-corrected chi connectivity index (χ0v) is 19.3. The van der Waals surface area contributed by atoms with Crippen LogP contribution in [0.15, 0.2) is 65.2 Å². The highest BCUT2D eigenvalue weighted by molar-refractivity contribution is 6.35. The largest absolute Gasteiger partial charge is 0.484 e. The summed E-state index contributed by atoms with van der Waals surface area (Å²) in [7, 11) is 0. The molecule has 0 radical (unpaired) electrons. The van der Waals surface area contributed by atoms with E-state index in [9.17, 15) is 4.79 Å². The van der Waals surface area contributed by atoms with Gasteiger partial charge in [0, 0.05) is 27.3 Å². The second kappa shape index (κ2) is 9.88. The molecule has 0 unspecified atom stereocenters. The van der Waals surface area contributed by atoms with E-state index in [-0.39, 0.29) is 12.4 Å². The average Bonchev–Trinajstić information content (AvgIpc) is 3.39. The highest BCUT2D eigenvalue weighted by Crippen LogP contribution is 2.28. The number of carbonyl (C=O) groups is 1. The van der Waals surface area contributed by atoms with E-state index in [1.165, 1.54) is 0 Å². The number of hydrogen-bond acceptors (Lipinski definition) is 4. The average molecular weight is 511 g/mol. The van der Waals surface area contributed by atoms with Crippen molar-refractivity contribution in [1.82, 2.24) is 9.78 Å². The number of amides is 1. The van der Waals surface area contributed by atoms with Crippen LogP contribution in [-0.4, -0.2) is 15.7 Å². The minimum absolute atomic E-state index is 0.102. The summed E-state index contributed by atoms with van der Waals surface area (Å²) in [6.45, 7) is 0.534. The number of ether oxygens (including phenoxy) is 1. The first-order valence-electron chi connectivity index (χ1n) is 9.33. The predicted molar refractivity (Wildman–Crippen MR) is 125 cm³/mol. The summed E-state index contributed by atoms with van der Waals surface area (Å²) in [4.78, 5) is 12.5. The second-order valence-corrected chi connectivity index (χ2v) is 8.41. The lowest BCUT2D eigenvalue weighted by molar-refractivity contribution is 0.0992. The van der Waals surface area contributed by atoms with Crippen LogP contribution in [0.5, 0.6) is 5.75 Å². The van der Waals surface area contributed by atoms with Gasteiger partial charge in [-0.3, -0.25) is 9.48 Å². The predicted octanol–water partition coefficient (Wildman–Crippen LogP) is 6.97. The number of nitrogens with zero attached hydrogens (tertiary/aromatic N) is 2. The van der Waals surface area contributed by atoms with Gasteiger partial charge in [-0.05, 0) is 48.0 Å². The van der Waals surface area contributed by atoms with Crippen LogP contribution in [-0.2, 0) is 13.2 Å². The number of aromatic nitrogens is 2. The SMILES string of the molecule is O=C(Nc1ccn(Cc2ccc(Cl)cc2Cl)n1)c1ccc(COc2ccc(Cl)cc2Cl)o1. The molecule has 0 aliphatic rings. The Bertz CT molecular complexity index is 1270. The molecular weight excluding hydrogens is 496 g/mol. The maximum Gasteiger partial charge on any atom is 0.292 e. The van der Waals surface area contributed by atoms with Crippen LogP contribution < -0.4 is 10.1 Å². The van der Waals surface area contributed by atoms with Crippen molar-refractivity contribution >= 4 is 58.1 Å². The molecule has 4 aromatic rings. The Morgan fingerprint density at radius 3 is 2.47 bits per heavy atom. The van der Waals surface area contributed by atoms with E-state index < -0.39 is 5.91 Å². The van der Waals surface area contributed by atoms with Crippen LogP contribution in [0, 0.1) is 0 Å². The number of halogens is 4. The summed E-state index contributed by atoms with van der Waals surface area (Å²) < 4.78 is 12.8. The van der Waals surface area contributed by atoms with Gasteiger partial charge in [0.1, 0.15) is 18.1 Å². The Hall–Kier alpha value is -2.64. The van der Waals surface area contributed by atoms with Gasteiger partial charge < -0.3 is 14.5 Å². The third kappa shape index (κ3) is 5.58. The highest BCUT2D eigenvalue weighted by atomic mass is 35.5. The molecule has 0 saturated carbocycles. The normalized spacial score (nSPS) is 10.9. The molecule has 0 spiro atoms. The molecule has 6 nitrogen and oxygen atoms in total. The van der Waals surface area contributed by atoms with Gasteiger partial charge in [-0.15, -0.1) is 0 Å². The first-order valence-corrected chi connectivity index (χ1v) is 10.8. The zero-order chi connectivity index (χ0) is 22.7. The lowest BCUT2D eigenvalue weighted by atomic mass is 10.2. The first kappa shape index (κ1) is 22.6. The fourth-order valence-corrected chi connectivity index (χ4v) is 3.77. The van der Waals surface area contributed by atoms with E-state index >= 15 is 0 Å². The van der Waals surface area contributed by atoms with Crippen LogP contribution in [0.4, 0.5) is 5.82 Å². The number of benzene rings is 2. The molecule has 0 saturated heterocycles. The van der Waals surface area contributed by atoms with Gasteiger partial charge in [-0.25, -0.2) is 0 Å². The fraction of sp³-hybridized carbons (Fsp3) is 0.0909. The molecule has 10 heteroatoms. The molecule has 4 rings (SSSR count). The van der Waals surface area contributed by atoms with E-state index in [2.05, 4.69) is 10.4 Å². The summed E-state index contributed by atoms with van der Waals surface area (Å²) in [5.74, 6) is 0.993. The minimum atomic E-state index is -0.435. The minimum Gasteiger partial charge on any atom is -0.484 e. The fourth-order valence-electron chi connectivity index (χ4n) is 2.84. The van der Waals surface area contributed by atoms with Gasteiger partial charge in [-0.2, -0.15) is 5.10 Å². The maximum absolute atomic E-state index is 12.5. The lowest BCUT2D eigenvalue weighted by Crippen LogP contribution is -2.12. The molecule has 1 amide bonds. The number of nitrogens with one attached hydrogen (secondary N) is 1. The van der Waals surface area contributed by atoms with Crippen molar-refractivity contribution in [3.63, 3.8) is 0 Å². The van der Waals surface area contributed by atoms with Crippen LogP contribution in [0.3, 0.4) is 0 Å². The molecule has 1 N–H and O–H groups in total.